The molecular formula is C21H27FN4O3. The lowest BCUT2D eigenvalue weighted by molar-refractivity contribution is -0.136. The number of piperazine rings is 1. The van der Waals surface area contributed by atoms with E-state index in [4.69, 9.17) is 11.0 Å². The van der Waals surface area contributed by atoms with E-state index in [1.807, 2.05) is 0 Å². The first-order valence-corrected chi connectivity index (χ1v) is 9.25. The molecule has 3 amide bonds. The molecule has 0 aromatic heterocycles. The van der Waals surface area contributed by atoms with Gasteiger partial charge in [0.1, 0.15) is 11.9 Å². The zero-order valence-electron chi connectivity index (χ0n) is 24.3. The summed E-state index contributed by atoms with van der Waals surface area (Å²) in [7, 11) is 0. The van der Waals surface area contributed by atoms with E-state index in [0.717, 1.165) is 11.0 Å². The number of fused-ring (bicyclic) bond motifs is 1. The first-order chi connectivity index (χ1) is 16.7. The second-order valence-electron chi connectivity index (χ2n) is 8.15. The number of anilines is 1. The lowest BCUT2D eigenvalue weighted by Crippen LogP contribution is -2.53. The summed E-state index contributed by atoms with van der Waals surface area (Å²) >= 11 is 0. The molecule has 1 aromatic rings. The van der Waals surface area contributed by atoms with Gasteiger partial charge in [-0.3, -0.25) is 24.6 Å². The number of carbonyl (C=O) groups is 3. The van der Waals surface area contributed by atoms with Crippen LogP contribution in [0.2, 0.25) is 0 Å². The minimum Gasteiger partial charge on any atom is -0.369 e. The average molecular weight is 411 g/mol. The van der Waals surface area contributed by atoms with Crippen molar-refractivity contribution in [2.24, 2.45) is 0 Å². The van der Waals surface area contributed by atoms with E-state index in [1.165, 1.54) is 20.8 Å². The van der Waals surface area contributed by atoms with Gasteiger partial charge in [0.25, 0.3) is 5.91 Å². The van der Waals surface area contributed by atoms with Crippen LogP contribution in [0.5, 0.6) is 0 Å². The quantitative estimate of drug-likeness (QED) is 0.749. The minimum absolute atomic E-state index is 0.00401. The number of benzene rings is 1. The number of amides is 3. The summed E-state index contributed by atoms with van der Waals surface area (Å²) in [4.78, 5) is 38.6. The predicted molar refractivity (Wildman–Crippen MR) is 106 cm³/mol. The van der Waals surface area contributed by atoms with Crippen LogP contribution in [0, 0.1) is 5.82 Å². The average Bonchev–Trinajstić information content (AvgIpc) is 3.01. The fraction of sp³-hybridized carbons (Fsp3) is 0.571. The Morgan fingerprint density at radius 1 is 1.14 bits per heavy atom. The number of halogens is 1. The van der Waals surface area contributed by atoms with Gasteiger partial charge < -0.3 is 9.80 Å². The molecule has 1 atom stereocenters. The summed E-state index contributed by atoms with van der Waals surface area (Å²) < 4.78 is 83.9. The van der Waals surface area contributed by atoms with E-state index in [1.54, 1.807) is 0 Å². The summed E-state index contributed by atoms with van der Waals surface area (Å²) in [6.45, 7) is -8.62. The monoisotopic (exact) mass is 410 g/mol. The molecule has 8 heteroatoms. The maximum Gasteiger partial charge on any atom is 0.258 e. The Hall–Kier alpha value is -2.48. The van der Waals surface area contributed by atoms with Crippen LogP contribution in [0.1, 0.15) is 60.5 Å². The lowest BCUT2D eigenvalue weighted by Gasteiger charge is -2.43. The van der Waals surface area contributed by atoms with Gasteiger partial charge in [-0.15, -0.1) is 0 Å². The molecule has 0 spiro atoms. The van der Waals surface area contributed by atoms with Gasteiger partial charge in [-0.05, 0) is 44.9 Å². The molecule has 156 valence electrons. The van der Waals surface area contributed by atoms with E-state index in [-0.39, 0.29) is 29.8 Å². The van der Waals surface area contributed by atoms with E-state index in [2.05, 4.69) is 5.32 Å². The van der Waals surface area contributed by atoms with Crippen molar-refractivity contribution in [1.29, 1.82) is 0 Å². The number of nitrogens with one attached hydrogen (secondary N) is 1. The summed E-state index contributed by atoms with van der Waals surface area (Å²) in [6.07, 6.45) is 0.00600. The topological polar surface area (TPSA) is 73.0 Å². The Morgan fingerprint density at radius 3 is 2.45 bits per heavy atom. The molecule has 0 bridgehead atoms. The van der Waals surface area contributed by atoms with Crippen molar-refractivity contribution < 1.29 is 29.7 Å². The van der Waals surface area contributed by atoms with Crippen molar-refractivity contribution in [2.75, 3.05) is 30.9 Å². The molecule has 3 heterocycles. The highest BCUT2D eigenvalue weighted by Gasteiger charge is 2.41. The third kappa shape index (κ3) is 3.61. The molecule has 2 fully saturated rings. The fourth-order valence-electron chi connectivity index (χ4n) is 3.49. The molecule has 1 aromatic carbocycles. The van der Waals surface area contributed by atoms with Crippen molar-refractivity contribution in [1.82, 2.24) is 15.1 Å². The van der Waals surface area contributed by atoms with Gasteiger partial charge in [0.15, 0.2) is 0 Å². The van der Waals surface area contributed by atoms with Crippen molar-refractivity contribution in [2.45, 2.75) is 51.7 Å². The number of nitrogens with zero attached hydrogens (tertiary/aromatic N) is 3. The Kier molecular flexibility index (Phi) is 3.00. The van der Waals surface area contributed by atoms with Gasteiger partial charge in [-0.1, -0.05) is 0 Å². The molecule has 0 aliphatic carbocycles. The molecule has 1 unspecified atom stereocenters. The van der Waals surface area contributed by atoms with Crippen molar-refractivity contribution in [3.05, 3.63) is 29.1 Å². The van der Waals surface area contributed by atoms with Crippen LogP contribution in [0.15, 0.2) is 12.1 Å². The van der Waals surface area contributed by atoms with Crippen LogP contribution < -0.4 is 10.2 Å². The van der Waals surface area contributed by atoms with Crippen LogP contribution in [0.4, 0.5) is 10.1 Å². The van der Waals surface area contributed by atoms with Crippen molar-refractivity contribution in [3.63, 3.8) is 0 Å². The van der Waals surface area contributed by atoms with Crippen LogP contribution >= 0.6 is 0 Å². The Balaban J connectivity index is 1.82. The molecule has 2 saturated heterocycles. The zero-order valence-corrected chi connectivity index (χ0v) is 16.3. The number of imide groups is 1. The zero-order chi connectivity index (χ0) is 28.1. The Bertz CT molecular complexity index is 1170. The predicted octanol–water partition coefficient (Wildman–Crippen LogP) is 1.51. The van der Waals surface area contributed by atoms with Gasteiger partial charge in [0.2, 0.25) is 11.8 Å². The number of piperidine rings is 1. The lowest BCUT2D eigenvalue weighted by atomic mass is 10.0. The van der Waals surface area contributed by atoms with Crippen molar-refractivity contribution >= 4 is 23.4 Å². The number of hydrogen-bond donors (Lipinski definition) is 1. The molecule has 7 nitrogen and oxygen atoms in total. The fourth-order valence-corrected chi connectivity index (χ4v) is 3.49. The third-order valence-corrected chi connectivity index (χ3v) is 5.03. The second kappa shape index (κ2) is 7.09. The van der Waals surface area contributed by atoms with E-state index < -0.39 is 72.4 Å². The van der Waals surface area contributed by atoms with Gasteiger partial charge in [-0.25, -0.2) is 4.39 Å². The summed E-state index contributed by atoms with van der Waals surface area (Å²) in [5, 5.41) is 2.13. The van der Waals surface area contributed by atoms with Crippen molar-refractivity contribution in [3.8, 4) is 0 Å². The van der Waals surface area contributed by atoms with Gasteiger partial charge in [-0.2, -0.15) is 0 Å². The summed E-state index contributed by atoms with van der Waals surface area (Å²) in [5.74, 6) is -3.20. The van der Waals surface area contributed by atoms with E-state index in [9.17, 15) is 14.4 Å². The molecular weight excluding hydrogens is 375 g/mol. The smallest absolute Gasteiger partial charge is 0.258 e. The summed E-state index contributed by atoms with van der Waals surface area (Å²) in [5.41, 5.74) is -2.27. The highest BCUT2D eigenvalue weighted by molar-refractivity contribution is 6.05. The molecule has 0 radical (unpaired) electrons. The normalized spacial score (nSPS) is 34.5. The minimum atomic E-state index is -3.21. The van der Waals surface area contributed by atoms with Gasteiger partial charge >= 0.3 is 0 Å². The van der Waals surface area contributed by atoms with Crippen LogP contribution in [-0.2, 0) is 16.1 Å². The molecule has 3 aliphatic heterocycles. The van der Waals surface area contributed by atoms with E-state index in [0.29, 0.717) is 11.0 Å². The molecule has 4 rings (SSSR count). The van der Waals surface area contributed by atoms with Gasteiger partial charge in [0.05, 0.1) is 11.0 Å². The largest absolute Gasteiger partial charge is 0.369 e. The SMILES string of the molecule is [2H]C1([2H])N(c2cc(F)c3c(c2)CN(C2CCC(=O)NC2=O)C3=O)C([2H])([2H])C([2H])([2H])N(C(C)(C)C)C1([2H])[2H]. The first kappa shape index (κ1) is 12.3. The van der Waals surface area contributed by atoms with E-state index >= 15 is 4.39 Å². The van der Waals surface area contributed by atoms with Crippen LogP contribution in [-0.4, -0.2) is 65.1 Å². The Labute approximate surface area is 181 Å². The summed E-state index contributed by atoms with van der Waals surface area (Å²) in [6, 6.07) is 0.729. The third-order valence-electron chi connectivity index (χ3n) is 5.03. The number of rotatable bonds is 2. The second-order valence-corrected chi connectivity index (χ2v) is 8.15. The number of hydrogen-bond acceptors (Lipinski definition) is 5. The maximum atomic E-state index is 15.3. The Morgan fingerprint density at radius 2 is 1.83 bits per heavy atom. The highest BCUT2D eigenvalue weighted by Crippen LogP contribution is 2.33. The van der Waals surface area contributed by atoms with Gasteiger partial charge in [0, 0.05) is 55.7 Å². The molecule has 3 aliphatic rings. The molecule has 0 saturated carbocycles. The molecule has 1 N–H and O–H groups in total. The van der Waals surface area contributed by atoms with Crippen LogP contribution in [0.3, 0.4) is 0 Å². The standard InChI is InChI=1S/C21H27FN4O3/c1-21(2,3)25-8-6-24(7-9-25)14-10-13-12-26(20(29)18(13)15(22)11-14)16-4-5-17(27)23-19(16)28/h10-11,16H,4-9,12H2,1-3H3,(H,23,27,28)/i6D2,7D2,8D2,9D2. The first-order valence-electron chi connectivity index (χ1n) is 13.2. The molecule has 29 heavy (non-hydrogen) atoms. The maximum absolute atomic E-state index is 15.3. The number of carbonyl (C=O) groups excluding carboxylic acids is 3. The van der Waals surface area contributed by atoms with Crippen LogP contribution in [0.25, 0.3) is 0 Å². The highest BCUT2D eigenvalue weighted by atomic mass is 19.1.